The lowest BCUT2D eigenvalue weighted by Gasteiger charge is -2.38. The van der Waals surface area contributed by atoms with Crippen LogP contribution >= 0.6 is 11.6 Å². The number of allylic oxidation sites excluding steroid dienone is 2. The number of anilines is 1. The first kappa shape index (κ1) is 14.6. The highest BCUT2D eigenvalue weighted by atomic mass is 35.5. The third-order valence-corrected chi connectivity index (χ3v) is 5.46. The van der Waals surface area contributed by atoms with E-state index < -0.39 is 0 Å². The van der Waals surface area contributed by atoms with Crippen LogP contribution in [0.4, 0.5) is 5.69 Å². The van der Waals surface area contributed by atoms with Crippen LogP contribution in [0.25, 0.3) is 0 Å². The summed E-state index contributed by atoms with van der Waals surface area (Å²) < 4.78 is 5.40. The lowest BCUT2D eigenvalue weighted by molar-refractivity contribution is 0.406. The van der Waals surface area contributed by atoms with Gasteiger partial charge in [-0.25, -0.2) is 0 Å². The molecule has 0 amide bonds. The van der Waals surface area contributed by atoms with E-state index in [0.717, 1.165) is 17.2 Å². The maximum absolute atomic E-state index is 6.53. The molecule has 2 nitrogen and oxygen atoms in total. The maximum atomic E-state index is 6.53. The van der Waals surface area contributed by atoms with Gasteiger partial charge in [-0.1, -0.05) is 42.0 Å². The van der Waals surface area contributed by atoms with Gasteiger partial charge in [0.25, 0.3) is 0 Å². The quantitative estimate of drug-likeness (QED) is 0.738. The van der Waals surface area contributed by atoms with E-state index in [1.54, 1.807) is 7.11 Å². The third kappa shape index (κ3) is 2.33. The van der Waals surface area contributed by atoms with E-state index in [4.69, 9.17) is 16.3 Å². The highest BCUT2D eigenvalue weighted by Gasteiger charge is 2.39. The number of aryl methyl sites for hydroxylation is 1. The van der Waals surface area contributed by atoms with Gasteiger partial charge in [0.05, 0.1) is 13.2 Å². The average molecular weight is 326 g/mol. The number of rotatable bonds is 2. The highest BCUT2D eigenvalue weighted by molar-refractivity contribution is 6.32. The van der Waals surface area contributed by atoms with Gasteiger partial charge in [-0.15, -0.1) is 0 Å². The molecular formula is C20H20ClNO. The third-order valence-electron chi connectivity index (χ3n) is 5.13. The second-order valence-corrected chi connectivity index (χ2v) is 6.81. The molecule has 0 fully saturated rings. The zero-order chi connectivity index (χ0) is 16.0. The second kappa shape index (κ2) is 5.61. The van der Waals surface area contributed by atoms with Gasteiger partial charge in [0.2, 0.25) is 0 Å². The van der Waals surface area contributed by atoms with Gasteiger partial charge >= 0.3 is 0 Å². The van der Waals surface area contributed by atoms with E-state index in [1.165, 1.54) is 22.4 Å². The number of methoxy groups -OCH3 is 1. The molecule has 2 aliphatic rings. The van der Waals surface area contributed by atoms with Crippen molar-refractivity contribution >= 4 is 17.3 Å². The molecule has 0 radical (unpaired) electrons. The molecule has 0 bridgehead atoms. The SMILES string of the molecule is COc1cccc(C2Nc3c(C)ccc(Cl)c3C3C=CCC32)c1. The van der Waals surface area contributed by atoms with Crippen LogP contribution in [0.5, 0.6) is 5.75 Å². The van der Waals surface area contributed by atoms with Crippen LogP contribution in [0.1, 0.15) is 35.1 Å². The summed E-state index contributed by atoms with van der Waals surface area (Å²) in [5, 5.41) is 4.63. The van der Waals surface area contributed by atoms with Crippen molar-refractivity contribution < 1.29 is 4.74 Å². The Balaban J connectivity index is 1.83. The normalized spacial score (nSPS) is 24.7. The van der Waals surface area contributed by atoms with Crippen molar-refractivity contribution in [1.29, 1.82) is 0 Å². The van der Waals surface area contributed by atoms with Crippen LogP contribution in [0.15, 0.2) is 48.6 Å². The number of nitrogens with one attached hydrogen (secondary N) is 1. The lowest BCUT2D eigenvalue weighted by Crippen LogP contribution is -2.29. The van der Waals surface area contributed by atoms with Crippen LogP contribution in [-0.4, -0.2) is 7.11 Å². The predicted octanol–water partition coefficient (Wildman–Crippen LogP) is 5.48. The van der Waals surface area contributed by atoms with Gasteiger partial charge in [0.15, 0.2) is 0 Å². The van der Waals surface area contributed by atoms with E-state index in [0.29, 0.717) is 11.8 Å². The lowest BCUT2D eigenvalue weighted by atomic mass is 9.76. The molecule has 1 aliphatic heterocycles. The second-order valence-electron chi connectivity index (χ2n) is 6.41. The molecule has 3 heteroatoms. The van der Waals surface area contributed by atoms with Gasteiger partial charge in [-0.3, -0.25) is 0 Å². The van der Waals surface area contributed by atoms with Crippen molar-refractivity contribution in [2.75, 3.05) is 12.4 Å². The van der Waals surface area contributed by atoms with Gasteiger partial charge in [-0.05, 0) is 48.6 Å². The van der Waals surface area contributed by atoms with Crippen LogP contribution in [0.2, 0.25) is 5.02 Å². The molecule has 0 aromatic heterocycles. The van der Waals surface area contributed by atoms with E-state index >= 15 is 0 Å². The van der Waals surface area contributed by atoms with Crippen molar-refractivity contribution in [3.05, 3.63) is 70.3 Å². The molecule has 1 N–H and O–H groups in total. The van der Waals surface area contributed by atoms with Crippen molar-refractivity contribution in [1.82, 2.24) is 0 Å². The van der Waals surface area contributed by atoms with Crippen molar-refractivity contribution in [2.45, 2.75) is 25.3 Å². The molecule has 4 rings (SSSR count). The molecule has 3 unspecified atom stereocenters. The fraction of sp³-hybridized carbons (Fsp3) is 0.300. The van der Waals surface area contributed by atoms with Crippen LogP contribution in [0.3, 0.4) is 0 Å². The summed E-state index contributed by atoms with van der Waals surface area (Å²) in [6, 6.07) is 12.8. The summed E-state index contributed by atoms with van der Waals surface area (Å²) in [4.78, 5) is 0. The van der Waals surface area contributed by atoms with Crippen LogP contribution in [-0.2, 0) is 0 Å². The van der Waals surface area contributed by atoms with Gasteiger partial charge < -0.3 is 10.1 Å². The minimum Gasteiger partial charge on any atom is -0.497 e. The first-order chi connectivity index (χ1) is 11.2. The summed E-state index contributed by atoms with van der Waals surface area (Å²) in [5.41, 5.74) is 4.96. The van der Waals surface area contributed by atoms with E-state index in [1.807, 2.05) is 12.1 Å². The van der Waals surface area contributed by atoms with E-state index in [9.17, 15) is 0 Å². The molecule has 2 aromatic rings. The van der Waals surface area contributed by atoms with E-state index in [-0.39, 0.29) is 6.04 Å². The molecule has 1 heterocycles. The Bertz CT molecular complexity index is 783. The summed E-state index contributed by atoms with van der Waals surface area (Å²) in [6.07, 6.45) is 5.68. The number of fused-ring (bicyclic) bond motifs is 3. The predicted molar refractivity (Wildman–Crippen MR) is 95.5 cm³/mol. The summed E-state index contributed by atoms with van der Waals surface area (Å²) in [5.74, 6) is 1.78. The molecule has 118 valence electrons. The topological polar surface area (TPSA) is 21.3 Å². The minimum absolute atomic E-state index is 0.273. The number of halogens is 1. The Morgan fingerprint density at radius 2 is 2.09 bits per heavy atom. The average Bonchev–Trinajstić information content (AvgIpc) is 3.06. The zero-order valence-corrected chi connectivity index (χ0v) is 14.1. The summed E-state index contributed by atoms with van der Waals surface area (Å²) in [6.45, 7) is 2.14. The molecule has 2 aromatic carbocycles. The Morgan fingerprint density at radius 3 is 2.91 bits per heavy atom. The highest BCUT2D eigenvalue weighted by Crippen LogP contribution is 2.52. The Hall–Kier alpha value is -1.93. The first-order valence-corrected chi connectivity index (χ1v) is 8.43. The van der Waals surface area contributed by atoms with Crippen molar-refractivity contribution in [2.24, 2.45) is 5.92 Å². The largest absolute Gasteiger partial charge is 0.497 e. The number of hydrogen-bond acceptors (Lipinski definition) is 2. The Morgan fingerprint density at radius 1 is 1.22 bits per heavy atom. The first-order valence-electron chi connectivity index (χ1n) is 8.05. The van der Waals surface area contributed by atoms with Gasteiger partial charge in [0, 0.05) is 22.2 Å². The molecule has 23 heavy (non-hydrogen) atoms. The molecule has 3 atom stereocenters. The van der Waals surface area contributed by atoms with Gasteiger partial charge in [-0.2, -0.15) is 0 Å². The molecule has 1 aliphatic carbocycles. The zero-order valence-electron chi connectivity index (χ0n) is 13.3. The van der Waals surface area contributed by atoms with Crippen LogP contribution < -0.4 is 10.1 Å². The number of benzene rings is 2. The number of hydrogen-bond donors (Lipinski definition) is 1. The fourth-order valence-corrected chi connectivity index (χ4v) is 4.26. The smallest absolute Gasteiger partial charge is 0.119 e. The molecule has 0 saturated carbocycles. The summed E-state index contributed by atoms with van der Waals surface area (Å²) >= 11 is 6.53. The maximum Gasteiger partial charge on any atom is 0.119 e. The van der Waals surface area contributed by atoms with E-state index in [2.05, 4.69) is 48.7 Å². The molecule has 0 saturated heterocycles. The Labute approximate surface area is 142 Å². The summed E-state index contributed by atoms with van der Waals surface area (Å²) in [7, 11) is 1.71. The minimum atomic E-state index is 0.273. The van der Waals surface area contributed by atoms with Crippen LogP contribution in [0, 0.1) is 12.8 Å². The number of ether oxygens (including phenoxy) is 1. The Kier molecular flexibility index (Phi) is 3.57. The fourth-order valence-electron chi connectivity index (χ4n) is 3.97. The van der Waals surface area contributed by atoms with Crippen molar-refractivity contribution in [3.8, 4) is 5.75 Å². The molecular weight excluding hydrogens is 306 g/mol. The van der Waals surface area contributed by atoms with Gasteiger partial charge in [0.1, 0.15) is 5.75 Å². The van der Waals surface area contributed by atoms with Crippen molar-refractivity contribution in [3.63, 3.8) is 0 Å². The monoisotopic (exact) mass is 325 g/mol. The standard InChI is InChI=1S/C20H20ClNO/c1-12-9-10-17(21)18-15-7-4-8-16(15)20(22-19(12)18)13-5-3-6-14(11-13)23-2/h3-7,9-11,15-16,20,22H,8H2,1-2H3. The molecule has 0 spiro atoms.